The fraction of sp³-hybridized carbons (Fsp3) is 0.400. The fourth-order valence-electron chi connectivity index (χ4n) is 1.09. The summed E-state index contributed by atoms with van der Waals surface area (Å²) in [4.78, 5) is 0. The van der Waals surface area contributed by atoms with E-state index in [9.17, 15) is 9.50 Å². The van der Waals surface area contributed by atoms with Gasteiger partial charge in [-0.25, -0.2) is 4.39 Å². The minimum Gasteiger partial charge on any atom is -0.387 e. The largest absolute Gasteiger partial charge is 0.387 e. The van der Waals surface area contributed by atoms with Crippen LogP contribution < -0.4 is 0 Å². The van der Waals surface area contributed by atoms with E-state index in [0.717, 1.165) is 5.75 Å². The third-order valence-electron chi connectivity index (χ3n) is 1.80. The SMILES string of the molecule is CCSCC(O)c1ccc(Cl)cc1F. The molecule has 1 aromatic rings. The van der Waals surface area contributed by atoms with Crippen LogP contribution in [0.2, 0.25) is 5.02 Å². The van der Waals surface area contributed by atoms with E-state index in [2.05, 4.69) is 0 Å². The number of benzene rings is 1. The Hall–Kier alpha value is -0.250. The van der Waals surface area contributed by atoms with Gasteiger partial charge in [0.1, 0.15) is 5.82 Å². The highest BCUT2D eigenvalue weighted by Crippen LogP contribution is 2.23. The predicted octanol–water partition coefficient (Wildman–Crippen LogP) is 3.27. The summed E-state index contributed by atoms with van der Waals surface area (Å²) in [7, 11) is 0. The maximum absolute atomic E-state index is 13.3. The zero-order valence-corrected chi connectivity index (χ0v) is 9.41. The van der Waals surface area contributed by atoms with E-state index in [-0.39, 0.29) is 0 Å². The topological polar surface area (TPSA) is 20.2 Å². The molecule has 0 spiro atoms. The summed E-state index contributed by atoms with van der Waals surface area (Å²) in [6, 6.07) is 4.33. The molecule has 14 heavy (non-hydrogen) atoms. The van der Waals surface area contributed by atoms with Gasteiger partial charge in [-0.05, 0) is 17.9 Å². The molecule has 0 aromatic heterocycles. The minimum absolute atomic E-state index is 0.315. The van der Waals surface area contributed by atoms with E-state index in [1.165, 1.54) is 12.1 Å². The summed E-state index contributed by atoms with van der Waals surface area (Å²) in [5.74, 6) is 0.975. The molecule has 78 valence electrons. The number of aliphatic hydroxyl groups is 1. The molecule has 0 heterocycles. The summed E-state index contributed by atoms with van der Waals surface area (Å²) < 4.78 is 13.3. The highest BCUT2D eigenvalue weighted by molar-refractivity contribution is 7.99. The number of halogens is 2. The zero-order valence-electron chi connectivity index (χ0n) is 7.84. The van der Waals surface area contributed by atoms with Crippen molar-refractivity contribution in [2.75, 3.05) is 11.5 Å². The molecule has 1 atom stereocenters. The van der Waals surface area contributed by atoms with Crippen LogP contribution in [0.15, 0.2) is 18.2 Å². The lowest BCUT2D eigenvalue weighted by Crippen LogP contribution is -2.03. The van der Waals surface area contributed by atoms with Crippen LogP contribution >= 0.6 is 23.4 Å². The third kappa shape index (κ3) is 3.15. The van der Waals surface area contributed by atoms with E-state index in [0.29, 0.717) is 16.3 Å². The van der Waals surface area contributed by atoms with Crippen molar-refractivity contribution in [3.05, 3.63) is 34.6 Å². The highest BCUT2D eigenvalue weighted by atomic mass is 35.5. The van der Waals surface area contributed by atoms with Crippen molar-refractivity contribution in [1.29, 1.82) is 0 Å². The molecule has 0 radical (unpaired) electrons. The Bertz CT molecular complexity index is 306. The van der Waals surface area contributed by atoms with Crippen molar-refractivity contribution in [3.8, 4) is 0 Å². The molecular weight excluding hydrogens is 223 g/mol. The second-order valence-corrected chi connectivity index (χ2v) is 4.60. The minimum atomic E-state index is -0.753. The average molecular weight is 235 g/mol. The monoisotopic (exact) mass is 234 g/mol. The number of aliphatic hydroxyl groups excluding tert-OH is 1. The first-order chi connectivity index (χ1) is 6.65. The normalized spacial score (nSPS) is 12.9. The third-order valence-corrected chi connectivity index (χ3v) is 3.00. The second kappa shape index (κ2) is 5.59. The molecule has 0 fully saturated rings. The van der Waals surface area contributed by atoms with E-state index < -0.39 is 11.9 Å². The van der Waals surface area contributed by atoms with E-state index in [1.807, 2.05) is 6.92 Å². The van der Waals surface area contributed by atoms with Crippen LogP contribution in [-0.2, 0) is 0 Å². The Morgan fingerprint density at radius 2 is 2.29 bits per heavy atom. The number of thioether (sulfide) groups is 1. The summed E-state index contributed by atoms with van der Waals surface area (Å²) in [6.45, 7) is 2.00. The molecule has 1 N–H and O–H groups in total. The standard InChI is InChI=1S/C10H12ClFOS/c1-2-14-6-10(13)8-4-3-7(11)5-9(8)12/h3-5,10,13H,2,6H2,1H3. The average Bonchev–Trinajstić information content (AvgIpc) is 2.14. The van der Waals surface area contributed by atoms with Crippen LogP contribution in [-0.4, -0.2) is 16.6 Å². The summed E-state index contributed by atoms with van der Waals surface area (Å²) in [6.07, 6.45) is -0.753. The molecule has 0 aliphatic carbocycles. The van der Waals surface area contributed by atoms with Crippen molar-refractivity contribution in [2.24, 2.45) is 0 Å². The van der Waals surface area contributed by atoms with Gasteiger partial charge in [0.05, 0.1) is 6.10 Å². The van der Waals surface area contributed by atoms with Gasteiger partial charge < -0.3 is 5.11 Å². The Balaban J connectivity index is 2.74. The lowest BCUT2D eigenvalue weighted by Gasteiger charge is -2.10. The molecule has 1 aromatic carbocycles. The van der Waals surface area contributed by atoms with Gasteiger partial charge in [-0.2, -0.15) is 11.8 Å². The Kier molecular flexibility index (Phi) is 4.72. The number of hydrogen-bond acceptors (Lipinski definition) is 2. The van der Waals surface area contributed by atoms with Gasteiger partial charge in [-0.15, -0.1) is 0 Å². The van der Waals surface area contributed by atoms with Gasteiger partial charge in [0, 0.05) is 16.3 Å². The Morgan fingerprint density at radius 1 is 1.57 bits per heavy atom. The van der Waals surface area contributed by atoms with Crippen molar-refractivity contribution in [2.45, 2.75) is 13.0 Å². The first-order valence-corrected chi connectivity index (χ1v) is 5.89. The highest BCUT2D eigenvalue weighted by Gasteiger charge is 2.12. The first kappa shape index (κ1) is 11.8. The van der Waals surface area contributed by atoms with Crippen LogP contribution in [0.1, 0.15) is 18.6 Å². The molecule has 1 nitrogen and oxygen atoms in total. The van der Waals surface area contributed by atoms with Gasteiger partial charge >= 0.3 is 0 Å². The summed E-state index contributed by atoms with van der Waals surface area (Å²) in [5, 5.41) is 9.97. The summed E-state index contributed by atoms with van der Waals surface area (Å²) >= 11 is 7.17. The predicted molar refractivity (Wildman–Crippen MR) is 59.4 cm³/mol. The quantitative estimate of drug-likeness (QED) is 0.863. The van der Waals surface area contributed by atoms with Gasteiger partial charge in [0.2, 0.25) is 0 Å². The van der Waals surface area contributed by atoms with Gasteiger partial charge in [0.25, 0.3) is 0 Å². The molecular formula is C10H12ClFOS. The Morgan fingerprint density at radius 3 is 2.86 bits per heavy atom. The molecule has 0 saturated carbocycles. The van der Waals surface area contributed by atoms with E-state index >= 15 is 0 Å². The molecule has 1 unspecified atom stereocenters. The van der Waals surface area contributed by atoms with Crippen molar-refractivity contribution < 1.29 is 9.50 Å². The Labute approximate surface area is 92.3 Å². The van der Waals surface area contributed by atoms with Gasteiger partial charge in [0.15, 0.2) is 0 Å². The lowest BCUT2D eigenvalue weighted by atomic mass is 10.1. The molecule has 0 saturated heterocycles. The van der Waals surface area contributed by atoms with Crippen LogP contribution in [0.4, 0.5) is 4.39 Å². The summed E-state index contributed by atoms with van der Waals surface area (Å²) in [5.41, 5.74) is 0.315. The zero-order chi connectivity index (χ0) is 10.6. The van der Waals surface area contributed by atoms with Crippen molar-refractivity contribution >= 4 is 23.4 Å². The molecule has 0 bridgehead atoms. The van der Waals surface area contributed by atoms with E-state index in [4.69, 9.17) is 11.6 Å². The first-order valence-electron chi connectivity index (χ1n) is 4.36. The molecule has 4 heteroatoms. The smallest absolute Gasteiger partial charge is 0.130 e. The van der Waals surface area contributed by atoms with E-state index in [1.54, 1.807) is 17.8 Å². The fourth-order valence-corrected chi connectivity index (χ4v) is 1.89. The van der Waals surface area contributed by atoms with Gasteiger partial charge in [-0.3, -0.25) is 0 Å². The molecule has 0 amide bonds. The lowest BCUT2D eigenvalue weighted by molar-refractivity contribution is 0.199. The maximum atomic E-state index is 13.3. The van der Waals surface area contributed by atoms with Crippen molar-refractivity contribution in [1.82, 2.24) is 0 Å². The molecule has 0 aliphatic heterocycles. The van der Waals surface area contributed by atoms with Gasteiger partial charge in [-0.1, -0.05) is 24.6 Å². The number of hydrogen-bond donors (Lipinski definition) is 1. The maximum Gasteiger partial charge on any atom is 0.130 e. The van der Waals surface area contributed by atoms with Crippen LogP contribution in [0.5, 0.6) is 0 Å². The van der Waals surface area contributed by atoms with Crippen molar-refractivity contribution in [3.63, 3.8) is 0 Å². The van der Waals surface area contributed by atoms with Crippen LogP contribution in [0.3, 0.4) is 0 Å². The molecule has 0 aliphatic rings. The van der Waals surface area contributed by atoms with Crippen LogP contribution in [0, 0.1) is 5.82 Å². The second-order valence-electron chi connectivity index (χ2n) is 2.84. The molecule has 1 rings (SSSR count). The van der Waals surface area contributed by atoms with Crippen LogP contribution in [0.25, 0.3) is 0 Å². The number of rotatable bonds is 4.